The normalized spacial score (nSPS) is 19.6. The van der Waals surface area contributed by atoms with Gasteiger partial charge in [0, 0.05) is 30.9 Å². The van der Waals surface area contributed by atoms with Crippen LogP contribution in [0.4, 0.5) is 5.69 Å². The summed E-state index contributed by atoms with van der Waals surface area (Å²) in [6, 6.07) is 10.6. The van der Waals surface area contributed by atoms with Crippen molar-refractivity contribution < 1.29 is 0 Å². The van der Waals surface area contributed by atoms with E-state index in [0.717, 1.165) is 32.5 Å². The maximum atomic E-state index is 5.96. The number of piperidine rings is 1. The topological polar surface area (TPSA) is 32.5 Å². The molecule has 1 saturated heterocycles. The minimum Gasteiger partial charge on any atom is -0.371 e. The summed E-state index contributed by atoms with van der Waals surface area (Å²) in [6.07, 6.45) is 2.29. The molecule has 1 aliphatic rings. The molecule has 3 nitrogen and oxygen atoms in total. The average molecular weight is 233 g/mol. The number of para-hydroxylation sites is 1. The molecule has 0 spiro atoms. The van der Waals surface area contributed by atoms with Crippen molar-refractivity contribution in [2.75, 3.05) is 38.6 Å². The molecule has 1 aliphatic heterocycles. The van der Waals surface area contributed by atoms with Crippen LogP contribution in [0.1, 0.15) is 12.8 Å². The second-order valence-electron chi connectivity index (χ2n) is 5.15. The van der Waals surface area contributed by atoms with E-state index in [1.807, 2.05) is 0 Å². The van der Waals surface area contributed by atoms with Crippen LogP contribution in [0, 0.1) is 0 Å². The molecule has 0 radical (unpaired) electrons. The summed E-state index contributed by atoms with van der Waals surface area (Å²) in [5, 5.41) is 0. The van der Waals surface area contributed by atoms with Gasteiger partial charge in [-0.2, -0.15) is 0 Å². The SMILES string of the molecule is CN(C)C1(CN)CCN(c2ccccc2)CC1. The first-order valence-corrected chi connectivity index (χ1v) is 6.35. The van der Waals surface area contributed by atoms with Gasteiger partial charge in [-0.3, -0.25) is 0 Å². The number of benzene rings is 1. The van der Waals surface area contributed by atoms with E-state index in [-0.39, 0.29) is 5.54 Å². The van der Waals surface area contributed by atoms with E-state index in [2.05, 4.69) is 54.2 Å². The van der Waals surface area contributed by atoms with Crippen molar-refractivity contribution in [1.82, 2.24) is 4.90 Å². The van der Waals surface area contributed by atoms with E-state index >= 15 is 0 Å². The molecule has 1 fully saturated rings. The number of rotatable bonds is 3. The van der Waals surface area contributed by atoms with Gasteiger partial charge in [0.05, 0.1) is 0 Å². The number of nitrogens with zero attached hydrogens (tertiary/aromatic N) is 2. The molecule has 0 aromatic heterocycles. The largest absolute Gasteiger partial charge is 0.371 e. The predicted molar refractivity (Wildman–Crippen MR) is 73.4 cm³/mol. The van der Waals surface area contributed by atoms with Crippen LogP contribution in [0.5, 0.6) is 0 Å². The van der Waals surface area contributed by atoms with E-state index in [9.17, 15) is 0 Å². The average Bonchev–Trinajstić information content (AvgIpc) is 2.39. The van der Waals surface area contributed by atoms with Crippen molar-refractivity contribution in [2.24, 2.45) is 5.73 Å². The van der Waals surface area contributed by atoms with E-state index in [1.165, 1.54) is 5.69 Å². The first-order valence-electron chi connectivity index (χ1n) is 6.35. The molecule has 0 atom stereocenters. The fraction of sp³-hybridized carbons (Fsp3) is 0.571. The van der Waals surface area contributed by atoms with Gasteiger partial charge < -0.3 is 15.5 Å². The number of nitrogens with two attached hydrogens (primary N) is 1. The molecular formula is C14H23N3. The Balaban J connectivity index is 2.03. The Kier molecular flexibility index (Phi) is 3.69. The minimum atomic E-state index is 0.200. The number of anilines is 1. The van der Waals surface area contributed by atoms with Crippen LogP contribution in [-0.2, 0) is 0 Å². The zero-order chi connectivity index (χ0) is 12.3. The lowest BCUT2D eigenvalue weighted by atomic mass is 9.86. The second-order valence-corrected chi connectivity index (χ2v) is 5.15. The Bertz CT molecular complexity index is 340. The summed E-state index contributed by atoms with van der Waals surface area (Å²) >= 11 is 0. The quantitative estimate of drug-likeness (QED) is 0.859. The van der Waals surface area contributed by atoms with Crippen LogP contribution >= 0.6 is 0 Å². The lowest BCUT2D eigenvalue weighted by Gasteiger charge is -2.46. The predicted octanol–water partition coefficient (Wildman–Crippen LogP) is 1.55. The first kappa shape index (κ1) is 12.4. The molecule has 1 heterocycles. The molecule has 17 heavy (non-hydrogen) atoms. The summed E-state index contributed by atoms with van der Waals surface area (Å²) in [6.45, 7) is 2.95. The monoisotopic (exact) mass is 233 g/mol. The molecule has 0 bridgehead atoms. The van der Waals surface area contributed by atoms with Gasteiger partial charge in [0.15, 0.2) is 0 Å². The van der Waals surface area contributed by atoms with Crippen LogP contribution in [0.25, 0.3) is 0 Å². The third-order valence-electron chi connectivity index (χ3n) is 4.14. The molecule has 94 valence electrons. The maximum Gasteiger partial charge on any atom is 0.0366 e. The summed E-state index contributed by atoms with van der Waals surface area (Å²) in [5.41, 5.74) is 7.49. The van der Waals surface area contributed by atoms with Crippen molar-refractivity contribution in [1.29, 1.82) is 0 Å². The minimum absolute atomic E-state index is 0.200. The first-order chi connectivity index (χ1) is 8.18. The highest BCUT2D eigenvalue weighted by molar-refractivity contribution is 5.46. The molecule has 1 aromatic carbocycles. The van der Waals surface area contributed by atoms with Gasteiger partial charge >= 0.3 is 0 Å². The number of likely N-dealkylation sites (N-methyl/N-ethyl adjacent to an activating group) is 1. The highest BCUT2D eigenvalue weighted by atomic mass is 15.2. The van der Waals surface area contributed by atoms with Gasteiger partial charge in [-0.1, -0.05) is 18.2 Å². The maximum absolute atomic E-state index is 5.96. The van der Waals surface area contributed by atoms with E-state index < -0.39 is 0 Å². The number of hydrogen-bond donors (Lipinski definition) is 1. The molecule has 0 aliphatic carbocycles. The second kappa shape index (κ2) is 5.07. The molecule has 0 saturated carbocycles. The molecule has 3 heteroatoms. The lowest BCUT2D eigenvalue weighted by Crippen LogP contribution is -2.57. The Morgan fingerprint density at radius 1 is 1.18 bits per heavy atom. The van der Waals surface area contributed by atoms with Gasteiger partial charge in [-0.15, -0.1) is 0 Å². The standard InChI is InChI=1S/C14H23N3/c1-16(2)14(12-15)8-10-17(11-9-14)13-6-4-3-5-7-13/h3-7H,8-12,15H2,1-2H3. The Morgan fingerprint density at radius 2 is 1.76 bits per heavy atom. The van der Waals surface area contributed by atoms with Crippen LogP contribution in [-0.4, -0.2) is 44.2 Å². The zero-order valence-corrected chi connectivity index (χ0v) is 10.9. The van der Waals surface area contributed by atoms with Crippen LogP contribution in [0.3, 0.4) is 0 Å². The summed E-state index contributed by atoms with van der Waals surface area (Å²) < 4.78 is 0. The van der Waals surface area contributed by atoms with Crippen molar-refractivity contribution in [3.8, 4) is 0 Å². The molecular weight excluding hydrogens is 210 g/mol. The van der Waals surface area contributed by atoms with Gasteiger partial charge in [-0.25, -0.2) is 0 Å². The lowest BCUT2D eigenvalue weighted by molar-refractivity contribution is 0.125. The van der Waals surface area contributed by atoms with Gasteiger partial charge in [-0.05, 0) is 39.1 Å². The Hall–Kier alpha value is -1.06. The molecule has 1 aromatic rings. The zero-order valence-electron chi connectivity index (χ0n) is 10.9. The summed E-state index contributed by atoms with van der Waals surface area (Å²) in [4.78, 5) is 4.76. The summed E-state index contributed by atoms with van der Waals surface area (Å²) in [7, 11) is 4.29. The third kappa shape index (κ3) is 2.45. The van der Waals surface area contributed by atoms with E-state index in [1.54, 1.807) is 0 Å². The number of hydrogen-bond acceptors (Lipinski definition) is 3. The van der Waals surface area contributed by atoms with Crippen LogP contribution in [0.2, 0.25) is 0 Å². The summed E-state index contributed by atoms with van der Waals surface area (Å²) in [5.74, 6) is 0. The molecule has 0 amide bonds. The Labute approximate surface area is 104 Å². The van der Waals surface area contributed by atoms with Gasteiger partial charge in [0.1, 0.15) is 0 Å². The molecule has 2 N–H and O–H groups in total. The van der Waals surface area contributed by atoms with Crippen LogP contribution < -0.4 is 10.6 Å². The smallest absolute Gasteiger partial charge is 0.0366 e. The third-order valence-corrected chi connectivity index (χ3v) is 4.14. The Morgan fingerprint density at radius 3 is 2.24 bits per heavy atom. The van der Waals surface area contributed by atoms with Gasteiger partial charge in [0.2, 0.25) is 0 Å². The van der Waals surface area contributed by atoms with Crippen molar-refractivity contribution in [3.05, 3.63) is 30.3 Å². The van der Waals surface area contributed by atoms with E-state index in [4.69, 9.17) is 5.73 Å². The van der Waals surface area contributed by atoms with E-state index in [0.29, 0.717) is 0 Å². The fourth-order valence-corrected chi connectivity index (χ4v) is 2.65. The molecule has 2 rings (SSSR count). The van der Waals surface area contributed by atoms with Crippen molar-refractivity contribution in [3.63, 3.8) is 0 Å². The van der Waals surface area contributed by atoms with Crippen LogP contribution in [0.15, 0.2) is 30.3 Å². The fourth-order valence-electron chi connectivity index (χ4n) is 2.65. The van der Waals surface area contributed by atoms with Crippen molar-refractivity contribution >= 4 is 5.69 Å². The van der Waals surface area contributed by atoms with Crippen molar-refractivity contribution in [2.45, 2.75) is 18.4 Å². The highest BCUT2D eigenvalue weighted by Crippen LogP contribution is 2.28. The molecule has 0 unspecified atom stereocenters. The highest BCUT2D eigenvalue weighted by Gasteiger charge is 2.35. The van der Waals surface area contributed by atoms with Gasteiger partial charge in [0.25, 0.3) is 0 Å².